The van der Waals surface area contributed by atoms with Crippen LogP contribution in [-0.2, 0) is 11.3 Å². The van der Waals surface area contributed by atoms with E-state index >= 15 is 0 Å². The van der Waals surface area contributed by atoms with Crippen LogP contribution < -0.4 is 16.4 Å². The summed E-state index contributed by atoms with van der Waals surface area (Å²) in [5, 5.41) is 15.2. The van der Waals surface area contributed by atoms with Crippen LogP contribution in [0.1, 0.15) is 16.9 Å². The summed E-state index contributed by atoms with van der Waals surface area (Å²) in [6.07, 6.45) is -6.02. The SMILES string of the molecule is NC(=NC(=O)O)c1csc(CNC(=O)[C@@H]2C[C@H](C(F)(F)F)CN2)c1. The molecule has 1 aliphatic heterocycles. The first-order valence-electron chi connectivity index (χ1n) is 6.89. The molecule has 24 heavy (non-hydrogen) atoms. The van der Waals surface area contributed by atoms with Gasteiger partial charge in [-0.1, -0.05) is 0 Å². The lowest BCUT2D eigenvalue weighted by Gasteiger charge is -2.13. The van der Waals surface area contributed by atoms with E-state index in [0.717, 1.165) is 0 Å². The fourth-order valence-corrected chi connectivity index (χ4v) is 3.08. The van der Waals surface area contributed by atoms with E-state index in [1.54, 1.807) is 11.4 Å². The molecule has 2 heterocycles. The van der Waals surface area contributed by atoms with Gasteiger partial charge in [-0.3, -0.25) is 4.79 Å². The van der Waals surface area contributed by atoms with Gasteiger partial charge in [0.1, 0.15) is 5.84 Å². The van der Waals surface area contributed by atoms with E-state index in [1.165, 1.54) is 11.3 Å². The average molecular weight is 364 g/mol. The maximum atomic E-state index is 12.6. The number of aliphatic imine (C=N–C) groups is 1. The molecular weight excluding hydrogens is 349 g/mol. The number of carbonyl (C=O) groups excluding carboxylic acids is 1. The number of carboxylic acid groups (broad SMARTS) is 1. The molecule has 1 saturated heterocycles. The summed E-state index contributed by atoms with van der Waals surface area (Å²) in [4.78, 5) is 26.2. The summed E-state index contributed by atoms with van der Waals surface area (Å²) >= 11 is 1.23. The summed E-state index contributed by atoms with van der Waals surface area (Å²) < 4.78 is 37.7. The van der Waals surface area contributed by atoms with Crippen molar-refractivity contribution >= 4 is 29.2 Å². The molecule has 1 aliphatic rings. The number of alkyl halides is 3. The van der Waals surface area contributed by atoms with Gasteiger partial charge in [-0.25, -0.2) is 4.79 Å². The summed E-state index contributed by atoms with van der Waals surface area (Å²) in [6.45, 7) is -0.161. The van der Waals surface area contributed by atoms with Crippen molar-refractivity contribution in [2.75, 3.05) is 6.54 Å². The van der Waals surface area contributed by atoms with Crippen molar-refractivity contribution in [2.24, 2.45) is 16.6 Å². The number of nitrogens with one attached hydrogen (secondary N) is 2. The molecule has 132 valence electrons. The quantitative estimate of drug-likeness (QED) is 0.474. The number of halogens is 3. The zero-order valence-corrected chi connectivity index (χ0v) is 13.1. The maximum absolute atomic E-state index is 12.6. The third kappa shape index (κ3) is 4.68. The molecule has 7 nitrogen and oxygen atoms in total. The van der Waals surface area contributed by atoms with Crippen LogP contribution in [0.3, 0.4) is 0 Å². The number of nitrogens with two attached hydrogens (primary N) is 1. The number of carbonyl (C=O) groups is 2. The number of hydrogen-bond acceptors (Lipinski definition) is 4. The van der Waals surface area contributed by atoms with Gasteiger partial charge in [-0.15, -0.1) is 11.3 Å². The number of hydrogen-bond donors (Lipinski definition) is 4. The molecule has 0 spiro atoms. The maximum Gasteiger partial charge on any atom is 0.433 e. The standard InChI is InChI=1S/C13H15F3N4O3S/c14-13(15,16)7-2-9(18-3-7)11(21)19-4-8-1-6(5-24-8)10(17)20-12(22)23/h1,5,7,9,18H,2-4H2,(H2,17,20)(H,19,21)(H,22,23)/t7-,9-/m0/s1. The van der Waals surface area contributed by atoms with Gasteiger partial charge >= 0.3 is 12.3 Å². The van der Waals surface area contributed by atoms with E-state index in [9.17, 15) is 22.8 Å². The second-order valence-corrected chi connectivity index (χ2v) is 6.23. The van der Waals surface area contributed by atoms with Gasteiger partial charge in [0.15, 0.2) is 0 Å². The molecule has 11 heteroatoms. The molecule has 2 amide bonds. The Hall–Kier alpha value is -2.14. The number of amides is 2. The second-order valence-electron chi connectivity index (χ2n) is 5.23. The van der Waals surface area contributed by atoms with Crippen molar-refractivity contribution in [3.63, 3.8) is 0 Å². The first-order valence-corrected chi connectivity index (χ1v) is 7.77. The minimum atomic E-state index is -4.31. The molecule has 0 aliphatic carbocycles. The van der Waals surface area contributed by atoms with Crippen molar-refractivity contribution in [2.45, 2.75) is 25.2 Å². The van der Waals surface area contributed by atoms with Crippen molar-refractivity contribution < 1.29 is 27.9 Å². The molecule has 0 unspecified atom stereocenters. The molecule has 1 aromatic heterocycles. The van der Waals surface area contributed by atoms with E-state index in [1.807, 2.05) is 0 Å². The lowest BCUT2D eigenvalue weighted by atomic mass is 10.1. The van der Waals surface area contributed by atoms with Crippen molar-refractivity contribution in [1.82, 2.24) is 10.6 Å². The van der Waals surface area contributed by atoms with Gasteiger partial charge in [-0.2, -0.15) is 18.2 Å². The highest BCUT2D eigenvalue weighted by Crippen LogP contribution is 2.32. The van der Waals surface area contributed by atoms with E-state index in [0.29, 0.717) is 10.4 Å². The summed E-state index contributed by atoms with van der Waals surface area (Å²) in [6, 6.07) is 0.683. The van der Waals surface area contributed by atoms with Crippen molar-refractivity contribution in [1.29, 1.82) is 0 Å². The Kier molecular flexibility index (Phi) is 5.44. The summed E-state index contributed by atoms with van der Waals surface area (Å²) in [5.74, 6) is -2.20. The predicted octanol–water partition coefficient (Wildman–Crippen LogP) is 1.29. The molecule has 1 aromatic rings. The highest BCUT2D eigenvalue weighted by Gasteiger charge is 2.45. The van der Waals surface area contributed by atoms with Gasteiger partial charge in [0.2, 0.25) is 5.91 Å². The monoisotopic (exact) mass is 364 g/mol. The molecule has 0 aromatic carbocycles. The van der Waals surface area contributed by atoms with E-state index in [2.05, 4.69) is 15.6 Å². The largest absolute Gasteiger partial charge is 0.463 e. The molecule has 0 saturated carbocycles. The number of rotatable bonds is 4. The lowest BCUT2D eigenvalue weighted by molar-refractivity contribution is -0.169. The zero-order valence-electron chi connectivity index (χ0n) is 12.3. The van der Waals surface area contributed by atoms with Gasteiger partial charge in [-0.05, 0) is 12.5 Å². The van der Waals surface area contributed by atoms with Gasteiger partial charge in [0.25, 0.3) is 0 Å². The minimum absolute atomic E-state index is 0.110. The third-order valence-corrected chi connectivity index (χ3v) is 4.45. The van der Waals surface area contributed by atoms with Crippen LogP contribution in [0, 0.1) is 5.92 Å². The zero-order chi connectivity index (χ0) is 17.9. The van der Waals surface area contributed by atoms with Crippen LogP contribution in [0.25, 0.3) is 0 Å². The fraction of sp³-hybridized carbons (Fsp3) is 0.462. The highest BCUT2D eigenvalue weighted by molar-refractivity contribution is 7.10. The van der Waals surface area contributed by atoms with Gasteiger partial charge in [0.05, 0.1) is 18.5 Å². The molecular formula is C13H15F3N4O3S. The Balaban J connectivity index is 1.87. The van der Waals surface area contributed by atoms with Crippen LogP contribution in [0.4, 0.5) is 18.0 Å². The molecule has 5 N–H and O–H groups in total. The van der Waals surface area contributed by atoms with Crippen LogP contribution in [0.5, 0.6) is 0 Å². The van der Waals surface area contributed by atoms with Gasteiger partial charge in [0, 0.05) is 22.4 Å². The second kappa shape index (κ2) is 7.18. The minimum Gasteiger partial charge on any atom is -0.463 e. The number of nitrogens with zero attached hydrogens (tertiary/aromatic N) is 1. The smallest absolute Gasteiger partial charge is 0.433 e. The van der Waals surface area contributed by atoms with Crippen molar-refractivity contribution in [3.8, 4) is 0 Å². The Bertz CT molecular complexity index is 659. The highest BCUT2D eigenvalue weighted by atomic mass is 32.1. The van der Waals surface area contributed by atoms with E-state index < -0.39 is 30.1 Å². The Labute approximate surface area is 138 Å². The predicted molar refractivity (Wildman–Crippen MR) is 80.9 cm³/mol. The number of amidine groups is 1. The Morgan fingerprint density at radius 2 is 2.21 bits per heavy atom. The van der Waals surface area contributed by atoms with Crippen LogP contribution >= 0.6 is 11.3 Å². The lowest BCUT2D eigenvalue weighted by Crippen LogP contribution is -2.39. The number of thiophene rings is 1. The Morgan fingerprint density at radius 1 is 1.50 bits per heavy atom. The normalized spacial score (nSPS) is 21.7. The van der Waals surface area contributed by atoms with E-state index in [4.69, 9.17) is 10.8 Å². The molecule has 2 rings (SSSR count). The van der Waals surface area contributed by atoms with Crippen LogP contribution in [-0.4, -0.2) is 41.7 Å². The molecule has 0 bridgehead atoms. The van der Waals surface area contributed by atoms with Crippen LogP contribution in [0.15, 0.2) is 16.4 Å². The Morgan fingerprint density at radius 3 is 2.79 bits per heavy atom. The third-order valence-electron chi connectivity index (χ3n) is 3.51. The molecule has 0 radical (unpaired) electrons. The van der Waals surface area contributed by atoms with Crippen molar-refractivity contribution in [3.05, 3.63) is 21.9 Å². The first-order chi connectivity index (χ1) is 11.2. The fourth-order valence-electron chi connectivity index (χ4n) is 2.26. The topological polar surface area (TPSA) is 117 Å². The first kappa shape index (κ1) is 18.2. The molecule has 1 fully saturated rings. The van der Waals surface area contributed by atoms with Gasteiger partial charge < -0.3 is 21.5 Å². The van der Waals surface area contributed by atoms with E-state index in [-0.39, 0.29) is 25.3 Å². The molecule has 2 atom stereocenters. The summed E-state index contributed by atoms with van der Waals surface area (Å²) in [5.41, 5.74) is 5.90. The average Bonchev–Trinajstić information content (AvgIpc) is 3.12. The van der Waals surface area contributed by atoms with Crippen LogP contribution in [0.2, 0.25) is 0 Å². The summed E-state index contributed by atoms with van der Waals surface area (Å²) in [7, 11) is 0.